The fourth-order valence-electron chi connectivity index (χ4n) is 17.2. The van der Waals surface area contributed by atoms with Crippen LogP contribution in [0.4, 0.5) is 34.1 Å². The van der Waals surface area contributed by atoms with Gasteiger partial charge in [0.2, 0.25) is 0 Å². The van der Waals surface area contributed by atoms with Gasteiger partial charge in [0.15, 0.2) is 0 Å². The largest absolute Gasteiger partial charge is 0.456 e. The molecule has 0 saturated carbocycles. The second-order valence-electron chi connectivity index (χ2n) is 27.9. The highest BCUT2D eigenvalue weighted by Crippen LogP contribution is 2.47. The molecule has 0 amide bonds. The minimum absolute atomic E-state index is 0.843. The molecule has 0 aliphatic heterocycles. The van der Waals surface area contributed by atoms with E-state index in [4.69, 9.17) is 8.83 Å². The van der Waals surface area contributed by atoms with Gasteiger partial charge in [0, 0.05) is 88.6 Å². The van der Waals surface area contributed by atoms with Crippen LogP contribution < -0.4 is 9.80 Å². The number of fused-ring (bicyclic) bond motifs is 18. The summed E-state index contributed by atoms with van der Waals surface area (Å²) >= 11 is 0. The van der Waals surface area contributed by atoms with Crippen LogP contribution in [-0.4, -0.2) is 9.13 Å². The first-order chi connectivity index (χ1) is 52.5. The van der Waals surface area contributed by atoms with Crippen LogP contribution >= 0.6 is 0 Å². The second-order valence-corrected chi connectivity index (χ2v) is 27.9. The molecule has 0 unspecified atom stereocenters. The Morgan fingerprint density at radius 3 is 1.14 bits per heavy atom. The van der Waals surface area contributed by atoms with Gasteiger partial charge < -0.3 is 27.8 Å². The molecule has 22 aromatic rings. The molecular weight excluding hydrogens is 1290 g/mol. The first kappa shape index (κ1) is 59.5. The molecule has 0 N–H and O–H groups in total. The highest BCUT2D eigenvalue weighted by Gasteiger charge is 2.23. The van der Waals surface area contributed by atoms with Crippen LogP contribution in [0, 0.1) is 0 Å². The molecule has 6 nitrogen and oxygen atoms in total. The van der Waals surface area contributed by atoms with E-state index in [1.807, 2.05) is 12.1 Å². The highest BCUT2D eigenvalue weighted by molar-refractivity contribution is 6.19. The van der Waals surface area contributed by atoms with Crippen LogP contribution in [0.3, 0.4) is 0 Å². The number of nitrogens with zero attached hydrogens (tertiary/aromatic N) is 4. The molecule has 0 radical (unpaired) electrons. The van der Waals surface area contributed by atoms with E-state index < -0.39 is 0 Å². The fourth-order valence-corrected chi connectivity index (χ4v) is 17.2. The second kappa shape index (κ2) is 23.7. The van der Waals surface area contributed by atoms with E-state index >= 15 is 0 Å². The highest BCUT2D eigenvalue weighted by atomic mass is 16.3. The molecular formula is C100H62N4O2. The standard InChI is InChI=1S/C100H62N4O2/c1-3-18-78-63(16-1)36-37-68-60-76(57-59-80(68)78)101(72-49-53-74(54-50-72)103-90-27-9-5-20-84(90)85-21-6-10-28-91(85)103)70-44-38-66(39-45-70)82-26-15-33-96-100(82)88-58-43-69(61-97(88)106-96)83-24-13-30-93-98(83)86-22-7-11-29-92(86)104(93)75-55-51-73(52-56-75)102(77-48-42-67-35-34-64-17-2-4-19-79(64)89(67)62-77)71-46-40-65(41-47-71)81-25-14-32-95-99(81)87-23-8-12-31-94(87)105-95/h1-62H. The Bertz CT molecular complexity index is 7270. The summed E-state index contributed by atoms with van der Waals surface area (Å²) in [5, 5.41) is 19.1. The van der Waals surface area contributed by atoms with Crippen LogP contribution in [0.25, 0.3) is 175 Å². The molecule has 18 aromatic carbocycles. The van der Waals surface area contributed by atoms with Gasteiger partial charge in [0.1, 0.15) is 22.3 Å². The van der Waals surface area contributed by atoms with Crippen molar-refractivity contribution in [2.75, 3.05) is 9.80 Å². The third kappa shape index (κ3) is 9.38. The summed E-state index contributed by atoms with van der Waals surface area (Å²) in [6, 6.07) is 137. The molecule has 0 aliphatic rings. The topological polar surface area (TPSA) is 42.6 Å². The zero-order valence-corrected chi connectivity index (χ0v) is 57.4. The summed E-state index contributed by atoms with van der Waals surface area (Å²) in [5.74, 6) is 0. The molecule has 4 heterocycles. The lowest BCUT2D eigenvalue weighted by atomic mass is 9.96. The monoisotopic (exact) mass is 1350 g/mol. The molecule has 0 spiro atoms. The smallest absolute Gasteiger partial charge is 0.136 e. The van der Waals surface area contributed by atoms with Gasteiger partial charge in [-0.25, -0.2) is 0 Å². The molecule has 0 fully saturated rings. The van der Waals surface area contributed by atoms with Crippen molar-refractivity contribution in [3.8, 4) is 44.8 Å². The summed E-state index contributed by atoms with van der Waals surface area (Å²) in [6.07, 6.45) is 0. The SMILES string of the molecule is c1ccc2c(c1)ccc1cc(N(c3ccc(-c4cccc5oc6cc(-c7cccc8c7c7ccccc7n8-c7ccc(N(c8ccc(-c9cccc%10oc%11ccccc%11c9%10)cc8)c8ccc9ccc%10ccccc%10c9c8)cc7)ccc6c45)cc3)c3ccc(-n4c5ccccc5c5ccccc54)cc3)ccc12. The molecule has 0 aliphatic carbocycles. The molecule has 0 bridgehead atoms. The number of benzene rings is 18. The van der Waals surface area contributed by atoms with Crippen molar-refractivity contribution in [1.29, 1.82) is 0 Å². The molecule has 106 heavy (non-hydrogen) atoms. The zero-order valence-electron chi connectivity index (χ0n) is 57.4. The molecule has 494 valence electrons. The van der Waals surface area contributed by atoms with Crippen molar-refractivity contribution in [1.82, 2.24) is 9.13 Å². The van der Waals surface area contributed by atoms with Crippen molar-refractivity contribution in [3.63, 3.8) is 0 Å². The number of rotatable bonds is 11. The van der Waals surface area contributed by atoms with Crippen LogP contribution in [-0.2, 0) is 0 Å². The number of aromatic nitrogens is 2. The molecule has 0 atom stereocenters. The van der Waals surface area contributed by atoms with Crippen LogP contribution in [0.2, 0.25) is 0 Å². The first-order valence-corrected chi connectivity index (χ1v) is 36.3. The van der Waals surface area contributed by atoms with E-state index in [-0.39, 0.29) is 0 Å². The molecule has 6 heteroatoms. The summed E-state index contributed by atoms with van der Waals surface area (Å²) in [5.41, 5.74) is 23.4. The number of hydrogen-bond donors (Lipinski definition) is 0. The molecule has 4 aromatic heterocycles. The Morgan fingerprint density at radius 2 is 0.547 bits per heavy atom. The third-order valence-electron chi connectivity index (χ3n) is 22.1. The van der Waals surface area contributed by atoms with Crippen LogP contribution in [0.15, 0.2) is 385 Å². The van der Waals surface area contributed by atoms with Crippen molar-refractivity contribution in [2.45, 2.75) is 0 Å². The number of para-hydroxylation sites is 4. The Morgan fingerprint density at radius 1 is 0.189 bits per heavy atom. The van der Waals surface area contributed by atoms with E-state index in [1.54, 1.807) is 0 Å². The van der Waals surface area contributed by atoms with Crippen LogP contribution in [0.5, 0.6) is 0 Å². The average Bonchev–Trinajstić information content (AvgIpc) is 1.56. The van der Waals surface area contributed by atoms with Gasteiger partial charge in [0.25, 0.3) is 0 Å². The average molecular weight is 1350 g/mol. The van der Waals surface area contributed by atoms with Gasteiger partial charge in [-0.2, -0.15) is 0 Å². The van der Waals surface area contributed by atoms with Gasteiger partial charge in [-0.1, -0.05) is 224 Å². The Balaban J connectivity index is 0.612. The summed E-state index contributed by atoms with van der Waals surface area (Å²) in [4.78, 5) is 4.77. The summed E-state index contributed by atoms with van der Waals surface area (Å²) < 4.78 is 18.1. The predicted octanol–water partition coefficient (Wildman–Crippen LogP) is 28.2. The zero-order chi connectivity index (χ0) is 69.5. The molecule has 0 saturated heterocycles. The summed E-state index contributed by atoms with van der Waals surface area (Å²) in [6.45, 7) is 0. The van der Waals surface area contributed by atoms with Gasteiger partial charge in [-0.05, 0) is 228 Å². The van der Waals surface area contributed by atoms with Gasteiger partial charge in [0.05, 0.1) is 22.1 Å². The van der Waals surface area contributed by atoms with E-state index in [0.717, 1.165) is 134 Å². The molecule has 22 rings (SSSR count). The lowest BCUT2D eigenvalue weighted by Crippen LogP contribution is -2.10. The van der Waals surface area contributed by atoms with Crippen LogP contribution in [0.1, 0.15) is 0 Å². The maximum Gasteiger partial charge on any atom is 0.136 e. The van der Waals surface area contributed by atoms with Crippen molar-refractivity contribution < 1.29 is 8.83 Å². The number of anilines is 6. The predicted molar refractivity (Wildman–Crippen MR) is 445 cm³/mol. The Kier molecular flexibility index (Phi) is 13.3. The van der Waals surface area contributed by atoms with E-state index in [0.29, 0.717) is 0 Å². The third-order valence-corrected chi connectivity index (χ3v) is 22.1. The van der Waals surface area contributed by atoms with Gasteiger partial charge in [-0.3, -0.25) is 0 Å². The maximum atomic E-state index is 6.94. The van der Waals surface area contributed by atoms with Gasteiger partial charge >= 0.3 is 0 Å². The van der Waals surface area contributed by atoms with Gasteiger partial charge in [-0.15, -0.1) is 0 Å². The maximum absolute atomic E-state index is 6.94. The number of hydrogen-bond acceptors (Lipinski definition) is 4. The van der Waals surface area contributed by atoms with Crippen molar-refractivity contribution in [3.05, 3.63) is 376 Å². The van der Waals surface area contributed by atoms with Crippen molar-refractivity contribution in [2.24, 2.45) is 0 Å². The number of furan rings is 2. The normalized spacial score (nSPS) is 12.0. The van der Waals surface area contributed by atoms with Crippen molar-refractivity contribution >= 4 is 165 Å². The minimum atomic E-state index is 0.843. The summed E-state index contributed by atoms with van der Waals surface area (Å²) in [7, 11) is 0. The Hall–Kier alpha value is -14.2. The lowest BCUT2D eigenvalue weighted by Gasteiger charge is -2.26. The van der Waals surface area contributed by atoms with E-state index in [1.165, 1.54) is 75.7 Å². The minimum Gasteiger partial charge on any atom is -0.456 e. The van der Waals surface area contributed by atoms with E-state index in [2.05, 4.69) is 383 Å². The first-order valence-electron chi connectivity index (χ1n) is 36.3. The lowest BCUT2D eigenvalue weighted by molar-refractivity contribution is 0.668. The van der Waals surface area contributed by atoms with E-state index in [9.17, 15) is 0 Å². The Labute approximate surface area is 609 Å². The fraction of sp³-hybridized carbons (Fsp3) is 0. The quantitative estimate of drug-likeness (QED) is 0.121.